The van der Waals surface area contributed by atoms with Crippen molar-refractivity contribution in [3.63, 3.8) is 0 Å². The molecule has 0 N–H and O–H groups in total. The van der Waals surface area contributed by atoms with E-state index in [0.717, 1.165) is 36.0 Å². The number of hydrogen-bond donors (Lipinski definition) is 0. The van der Waals surface area contributed by atoms with Crippen LogP contribution in [-0.4, -0.2) is 15.0 Å². The van der Waals surface area contributed by atoms with Crippen LogP contribution >= 0.6 is 0 Å². The van der Waals surface area contributed by atoms with Crippen LogP contribution in [0, 0.1) is 0 Å². The van der Waals surface area contributed by atoms with Gasteiger partial charge in [0.15, 0.2) is 17.5 Å². The van der Waals surface area contributed by atoms with Crippen LogP contribution in [0.5, 0.6) is 0 Å². The third-order valence-corrected chi connectivity index (χ3v) is 10.7. The summed E-state index contributed by atoms with van der Waals surface area (Å²) in [4.78, 5) is 14.8. The zero-order valence-corrected chi connectivity index (χ0v) is 27.9. The minimum Gasteiger partial charge on any atom is -0.208 e. The highest BCUT2D eigenvalue weighted by Gasteiger charge is 2.39. The Morgan fingerprint density at radius 1 is 0.510 bits per heavy atom. The van der Waals surface area contributed by atoms with Crippen LogP contribution in [0.15, 0.2) is 146 Å². The van der Waals surface area contributed by atoms with Gasteiger partial charge in [0.1, 0.15) is 0 Å². The third kappa shape index (κ3) is 5.09. The highest BCUT2D eigenvalue weighted by atomic mass is 15.0. The molecule has 7 aromatic rings. The Kier molecular flexibility index (Phi) is 7.09. The standard InChI is InChI=1S/C46H37N3/c1-46(2)39-20-12-11-19-38(39)42-40(46)28-27-37-36-18-10-9-13-31(36)25-26-35(41(37)42)29-30-21-23-34(24-22-30)45-48-43(32-14-5-3-6-15-32)47-44(49-45)33-16-7-4-8-17-33/h3-24,27-28,35H,25-26,29H2,1-2H3. The van der Waals surface area contributed by atoms with Gasteiger partial charge in [-0.05, 0) is 75.3 Å². The minimum absolute atomic E-state index is 0.0271. The molecule has 1 heterocycles. The van der Waals surface area contributed by atoms with Gasteiger partial charge in [-0.2, -0.15) is 0 Å². The zero-order valence-electron chi connectivity index (χ0n) is 27.9. The number of benzene rings is 6. The maximum Gasteiger partial charge on any atom is 0.164 e. The molecule has 3 nitrogen and oxygen atoms in total. The van der Waals surface area contributed by atoms with Crippen LogP contribution < -0.4 is 0 Å². The molecular formula is C46H37N3. The summed E-state index contributed by atoms with van der Waals surface area (Å²) in [6.07, 6.45) is 3.16. The minimum atomic E-state index is -0.0271. The smallest absolute Gasteiger partial charge is 0.164 e. The van der Waals surface area contributed by atoms with E-state index in [1.807, 2.05) is 36.4 Å². The Morgan fingerprint density at radius 3 is 1.71 bits per heavy atom. The van der Waals surface area contributed by atoms with Gasteiger partial charge in [-0.1, -0.05) is 159 Å². The van der Waals surface area contributed by atoms with Crippen molar-refractivity contribution in [1.29, 1.82) is 0 Å². The van der Waals surface area contributed by atoms with Crippen molar-refractivity contribution in [3.05, 3.63) is 173 Å². The predicted molar refractivity (Wildman–Crippen MR) is 200 cm³/mol. The predicted octanol–water partition coefficient (Wildman–Crippen LogP) is 11.1. The molecule has 9 rings (SSSR count). The van der Waals surface area contributed by atoms with Gasteiger partial charge in [0.05, 0.1) is 0 Å². The molecule has 2 aliphatic carbocycles. The van der Waals surface area contributed by atoms with Gasteiger partial charge < -0.3 is 0 Å². The van der Waals surface area contributed by atoms with Gasteiger partial charge in [-0.3, -0.25) is 0 Å². The van der Waals surface area contributed by atoms with E-state index in [0.29, 0.717) is 23.4 Å². The maximum atomic E-state index is 4.96. The van der Waals surface area contributed by atoms with Crippen LogP contribution in [0.1, 0.15) is 54.0 Å². The van der Waals surface area contributed by atoms with Crippen LogP contribution in [0.25, 0.3) is 56.4 Å². The molecule has 236 valence electrons. The first-order chi connectivity index (χ1) is 24.0. The number of nitrogens with zero attached hydrogens (tertiary/aromatic N) is 3. The SMILES string of the molecule is CC1(C)c2ccccc2-c2c1ccc1c2C(Cc2ccc(-c3nc(-c4ccccc4)nc(-c4ccccc4)n3)cc2)CCc2ccccc2-1. The van der Waals surface area contributed by atoms with E-state index in [-0.39, 0.29) is 5.41 Å². The van der Waals surface area contributed by atoms with Crippen LogP contribution in [0.4, 0.5) is 0 Å². The van der Waals surface area contributed by atoms with Crippen molar-refractivity contribution in [2.24, 2.45) is 0 Å². The molecule has 49 heavy (non-hydrogen) atoms. The molecule has 0 radical (unpaired) electrons. The summed E-state index contributed by atoms with van der Waals surface area (Å²) in [5, 5.41) is 0. The van der Waals surface area contributed by atoms with E-state index in [1.165, 1.54) is 50.1 Å². The van der Waals surface area contributed by atoms with Crippen molar-refractivity contribution in [1.82, 2.24) is 15.0 Å². The monoisotopic (exact) mass is 631 g/mol. The van der Waals surface area contributed by atoms with E-state index >= 15 is 0 Å². The molecule has 0 amide bonds. The summed E-state index contributed by atoms with van der Waals surface area (Å²) < 4.78 is 0. The number of rotatable bonds is 5. The lowest BCUT2D eigenvalue weighted by atomic mass is 9.78. The van der Waals surface area contributed by atoms with E-state index in [2.05, 4.69) is 123 Å². The molecule has 3 heteroatoms. The summed E-state index contributed by atoms with van der Waals surface area (Å²) in [5.41, 5.74) is 15.7. The van der Waals surface area contributed by atoms with Gasteiger partial charge >= 0.3 is 0 Å². The molecule has 2 aliphatic rings. The lowest BCUT2D eigenvalue weighted by Gasteiger charge is -2.25. The maximum absolute atomic E-state index is 4.96. The van der Waals surface area contributed by atoms with Gasteiger partial charge in [-0.15, -0.1) is 0 Å². The van der Waals surface area contributed by atoms with Crippen molar-refractivity contribution in [2.75, 3.05) is 0 Å². The topological polar surface area (TPSA) is 38.7 Å². The Labute approximate surface area is 288 Å². The lowest BCUT2D eigenvalue weighted by Crippen LogP contribution is -2.15. The summed E-state index contributed by atoms with van der Waals surface area (Å²) in [5.74, 6) is 2.43. The number of aryl methyl sites for hydroxylation is 1. The molecule has 1 unspecified atom stereocenters. The van der Waals surface area contributed by atoms with Crippen LogP contribution in [0.3, 0.4) is 0 Å². The fourth-order valence-electron chi connectivity index (χ4n) is 8.17. The fraction of sp³-hybridized carbons (Fsp3) is 0.152. The average molecular weight is 632 g/mol. The second kappa shape index (κ2) is 11.8. The first-order valence-corrected chi connectivity index (χ1v) is 17.4. The molecule has 0 saturated carbocycles. The Bertz CT molecular complexity index is 2260. The Hall–Kier alpha value is -5.67. The van der Waals surface area contributed by atoms with E-state index in [1.54, 1.807) is 0 Å². The molecular weight excluding hydrogens is 595 g/mol. The van der Waals surface area contributed by atoms with Crippen molar-refractivity contribution < 1.29 is 0 Å². The van der Waals surface area contributed by atoms with Gasteiger partial charge in [0, 0.05) is 22.1 Å². The van der Waals surface area contributed by atoms with Crippen molar-refractivity contribution >= 4 is 0 Å². The van der Waals surface area contributed by atoms with E-state index in [4.69, 9.17) is 15.0 Å². The molecule has 0 fully saturated rings. The van der Waals surface area contributed by atoms with Gasteiger partial charge in [0.2, 0.25) is 0 Å². The Morgan fingerprint density at radius 2 is 1.06 bits per heavy atom. The summed E-state index contributed by atoms with van der Waals surface area (Å²) in [7, 11) is 0. The van der Waals surface area contributed by atoms with Gasteiger partial charge in [0.25, 0.3) is 0 Å². The summed E-state index contributed by atoms with van der Waals surface area (Å²) >= 11 is 0. The second-order valence-corrected chi connectivity index (χ2v) is 14.0. The quantitative estimate of drug-likeness (QED) is 0.190. The van der Waals surface area contributed by atoms with Crippen molar-refractivity contribution in [3.8, 4) is 56.4 Å². The molecule has 6 aromatic carbocycles. The molecule has 0 bridgehead atoms. The normalized spacial score (nSPS) is 15.4. The highest BCUT2D eigenvalue weighted by Crippen LogP contribution is 2.55. The molecule has 0 aliphatic heterocycles. The molecule has 0 spiro atoms. The lowest BCUT2D eigenvalue weighted by molar-refractivity contribution is 0.626. The number of hydrogen-bond acceptors (Lipinski definition) is 3. The molecule has 0 saturated heterocycles. The van der Waals surface area contributed by atoms with E-state index in [9.17, 15) is 0 Å². The molecule has 1 aromatic heterocycles. The van der Waals surface area contributed by atoms with Gasteiger partial charge in [-0.25, -0.2) is 15.0 Å². The van der Waals surface area contributed by atoms with Crippen LogP contribution in [0.2, 0.25) is 0 Å². The Balaban J connectivity index is 1.12. The number of aromatic nitrogens is 3. The summed E-state index contributed by atoms with van der Waals surface area (Å²) in [6.45, 7) is 4.77. The highest BCUT2D eigenvalue weighted by molar-refractivity contribution is 5.89. The third-order valence-electron chi connectivity index (χ3n) is 10.7. The first kappa shape index (κ1) is 29.5. The summed E-state index contributed by atoms with van der Waals surface area (Å²) in [6, 6.07) is 52.2. The largest absolute Gasteiger partial charge is 0.208 e. The van der Waals surface area contributed by atoms with E-state index < -0.39 is 0 Å². The fourth-order valence-corrected chi connectivity index (χ4v) is 8.17. The second-order valence-electron chi connectivity index (χ2n) is 14.0. The first-order valence-electron chi connectivity index (χ1n) is 17.4. The zero-order chi connectivity index (χ0) is 33.0. The number of fused-ring (bicyclic) bond motifs is 7. The van der Waals surface area contributed by atoms with Crippen molar-refractivity contribution in [2.45, 2.75) is 44.4 Å². The average Bonchev–Trinajstić information content (AvgIpc) is 3.28. The van der Waals surface area contributed by atoms with Crippen LogP contribution in [-0.2, 0) is 18.3 Å². The molecule has 1 atom stereocenters.